The second-order valence-corrected chi connectivity index (χ2v) is 8.74. The van der Waals surface area contributed by atoms with Crippen LogP contribution in [0.5, 0.6) is 5.75 Å². The SMILES string of the molecule is COC(=O)c1ccc(-c2cc(Cl)cc3c2O[C@H](CNC(=O)[C@@H]2CCCN(C)C2)C3)cc1. The lowest BCUT2D eigenvalue weighted by molar-refractivity contribution is -0.126. The van der Waals surface area contributed by atoms with Crippen LogP contribution in [0.1, 0.15) is 28.8 Å². The fourth-order valence-electron chi connectivity index (χ4n) is 4.37. The number of piperidine rings is 1. The summed E-state index contributed by atoms with van der Waals surface area (Å²) in [6.45, 7) is 2.32. The Hall–Kier alpha value is -2.57. The molecular weight excluding hydrogens is 416 g/mol. The molecule has 0 unspecified atom stereocenters. The summed E-state index contributed by atoms with van der Waals surface area (Å²) < 4.78 is 11.0. The lowest BCUT2D eigenvalue weighted by Crippen LogP contribution is -2.44. The van der Waals surface area contributed by atoms with Crippen LogP contribution >= 0.6 is 11.6 Å². The first-order valence-corrected chi connectivity index (χ1v) is 11.0. The summed E-state index contributed by atoms with van der Waals surface area (Å²) >= 11 is 6.37. The smallest absolute Gasteiger partial charge is 0.337 e. The zero-order chi connectivity index (χ0) is 22.0. The molecule has 1 fully saturated rings. The zero-order valence-corrected chi connectivity index (χ0v) is 18.6. The molecule has 0 aliphatic carbocycles. The van der Waals surface area contributed by atoms with Gasteiger partial charge in [-0.05, 0) is 56.3 Å². The van der Waals surface area contributed by atoms with E-state index in [9.17, 15) is 9.59 Å². The molecule has 0 radical (unpaired) electrons. The van der Waals surface area contributed by atoms with Crippen molar-refractivity contribution in [3.63, 3.8) is 0 Å². The molecule has 2 aliphatic rings. The summed E-state index contributed by atoms with van der Waals surface area (Å²) in [5.74, 6) is 0.551. The van der Waals surface area contributed by atoms with Gasteiger partial charge in [-0.15, -0.1) is 0 Å². The van der Waals surface area contributed by atoms with Crippen molar-refractivity contribution in [1.29, 1.82) is 0 Å². The molecule has 164 valence electrons. The van der Waals surface area contributed by atoms with Crippen molar-refractivity contribution >= 4 is 23.5 Å². The van der Waals surface area contributed by atoms with E-state index in [2.05, 4.69) is 17.3 Å². The first kappa shape index (κ1) is 21.7. The molecule has 4 rings (SSSR count). The van der Waals surface area contributed by atoms with E-state index in [4.69, 9.17) is 21.1 Å². The fourth-order valence-corrected chi connectivity index (χ4v) is 4.61. The predicted molar refractivity (Wildman–Crippen MR) is 120 cm³/mol. The van der Waals surface area contributed by atoms with Crippen LogP contribution in [0.3, 0.4) is 0 Å². The minimum Gasteiger partial charge on any atom is -0.487 e. The zero-order valence-electron chi connectivity index (χ0n) is 17.8. The first-order chi connectivity index (χ1) is 14.9. The molecule has 1 saturated heterocycles. The molecule has 2 atom stereocenters. The molecule has 2 heterocycles. The quantitative estimate of drug-likeness (QED) is 0.717. The van der Waals surface area contributed by atoms with Gasteiger partial charge in [0, 0.05) is 29.1 Å². The Kier molecular flexibility index (Phi) is 6.49. The summed E-state index contributed by atoms with van der Waals surface area (Å²) in [5.41, 5.74) is 3.29. The molecular formula is C24H27ClN2O4. The highest BCUT2D eigenvalue weighted by molar-refractivity contribution is 6.31. The van der Waals surface area contributed by atoms with Crippen molar-refractivity contribution in [1.82, 2.24) is 10.2 Å². The summed E-state index contributed by atoms with van der Waals surface area (Å²) in [5, 5.41) is 3.70. The minimum absolute atomic E-state index is 0.0425. The molecule has 1 N–H and O–H groups in total. The van der Waals surface area contributed by atoms with Gasteiger partial charge in [0.05, 0.1) is 25.1 Å². The van der Waals surface area contributed by atoms with Gasteiger partial charge in [0.25, 0.3) is 0 Å². The number of rotatable bonds is 5. The number of amides is 1. The van der Waals surface area contributed by atoms with Crippen LogP contribution in [-0.4, -0.2) is 56.7 Å². The third kappa shape index (κ3) is 4.86. The highest BCUT2D eigenvalue weighted by atomic mass is 35.5. The van der Waals surface area contributed by atoms with E-state index in [1.54, 1.807) is 12.1 Å². The molecule has 31 heavy (non-hydrogen) atoms. The molecule has 0 spiro atoms. The van der Waals surface area contributed by atoms with Crippen LogP contribution in [0.15, 0.2) is 36.4 Å². The molecule has 6 nitrogen and oxygen atoms in total. The van der Waals surface area contributed by atoms with Gasteiger partial charge in [-0.3, -0.25) is 4.79 Å². The maximum Gasteiger partial charge on any atom is 0.337 e. The molecule has 2 aromatic rings. The number of nitrogens with zero attached hydrogens (tertiary/aromatic N) is 1. The highest BCUT2D eigenvalue weighted by Crippen LogP contribution is 2.41. The third-order valence-corrected chi connectivity index (χ3v) is 6.20. The van der Waals surface area contributed by atoms with Gasteiger partial charge in [0.1, 0.15) is 11.9 Å². The van der Waals surface area contributed by atoms with Gasteiger partial charge in [0.2, 0.25) is 5.91 Å². The van der Waals surface area contributed by atoms with Gasteiger partial charge in [0.15, 0.2) is 0 Å². The average molecular weight is 443 g/mol. The second kappa shape index (κ2) is 9.28. The lowest BCUT2D eigenvalue weighted by atomic mass is 9.97. The molecule has 1 amide bonds. The number of carbonyl (C=O) groups is 2. The van der Waals surface area contributed by atoms with Crippen molar-refractivity contribution in [2.75, 3.05) is 33.8 Å². The number of esters is 1. The van der Waals surface area contributed by atoms with Crippen molar-refractivity contribution in [3.05, 3.63) is 52.5 Å². The average Bonchev–Trinajstić information content (AvgIpc) is 3.19. The number of carbonyl (C=O) groups excluding carboxylic acids is 2. The van der Waals surface area contributed by atoms with Crippen LogP contribution in [0.25, 0.3) is 11.1 Å². The predicted octanol–water partition coefficient (Wildman–Crippen LogP) is 3.56. The molecule has 0 bridgehead atoms. The van der Waals surface area contributed by atoms with E-state index >= 15 is 0 Å². The first-order valence-electron chi connectivity index (χ1n) is 10.6. The van der Waals surface area contributed by atoms with E-state index in [1.165, 1.54) is 7.11 Å². The maximum absolute atomic E-state index is 12.6. The number of halogens is 1. The highest BCUT2D eigenvalue weighted by Gasteiger charge is 2.29. The Bertz CT molecular complexity index is 976. The number of methoxy groups -OCH3 is 1. The maximum atomic E-state index is 12.6. The number of fused-ring (bicyclic) bond motifs is 1. The number of hydrogen-bond acceptors (Lipinski definition) is 5. The van der Waals surface area contributed by atoms with Crippen LogP contribution < -0.4 is 10.1 Å². The van der Waals surface area contributed by atoms with Crippen molar-refractivity contribution < 1.29 is 19.1 Å². The molecule has 2 aromatic carbocycles. The minimum atomic E-state index is -0.376. The topological polar surface area (TPSA) is 67.9 Å². The standard InChI is InChI=1S/C24H27ClN2O4/c1-27-9-3-4-17(14-27)23(28)26-13-20-11-18-10-19(25)12-21(22(18)31-20)15-5-7-16(8-6-15)24(29)30-2/h5-8,10,12,17,20H,3-4,9,11,13-14H2,1-2H3,(H,26,28)/t17-,20+/m1/s1. The summed E-state index contributed by atoms with van der Waals surface area (Å²) in [7, 11) is 3.42. The summed E-state index contributed by atoms with van der Waals surface area (Å²) in [6.07, 6.45) is 2.54. The van der Waals surface area contributed by atoms with E-state index in [0.717, 1.165) is 48.4 Å². The lowest BCUT2D eigenvalue weighted by Gasteiger charge is -2.29. The fraction of sp³-hybridized carbons (Fsp3) is 0.417. The summed E-state index contributed by atoms with van der Waals surface area (Å²) in [6, 6.07) is 10.9. The number of nitrogens with one attached hydrogen (secondary N) is 1. The normalized spacial score (nSPS) is 20.6. The van der Waals surface area contributed by atoms with Crippen molar-refractivity contribution in [2.24, 2.45) is 5.92 Å². The summed E-state index contributed by atoms with van der Waals surface area (Å²) in [4.78, 5) is 26.5. The Morgan fingerprint density at radius 3 is 2.74 bits per heavy atom. The monoisotopic (exact) mass is 442 g/mol. The van der Waals surface area contributed by atoms with Crippen LogP contribution in [-0.2, 0) is 16.0 Å². The Labute approximate surface area is 187 Å². The number of benzene rings is 2. The van der Waals surface area contributed by atoms with Crippen LogP contribution in [0.4, 0.5) is 0 Å². The Balaban J connectivity index is 1.45. The number of ether oxygens (including phenoxy) is 2. The van der Waals surface area contributed by atoms with E-state index in [1.807, 2.05) is 24.3 Å². The molecule has 0 aromatic heterocycles. The van der Waals surface area contributed by atoms with E-state index < -0.39 is 0 Å². The van der Waals surface area contributed by atoms with E-state index in [-0.39, 0.29) is 23.9 Å². The Morgan fingerprint density at radius 2 is 2.03 bits per heavy atom. The van der Waals surface area contributed by atoms with Gasteiger partial charge < -0.3 is 19.7 Å². The van der Waals surface area contributed by atoms with Gasteiger partial charge in [-0.2, -0.15) is 0 Å². The van der Waals surface area contributed by atoms with E-state index in [0.29, 0.717) is 23.6 Å². The van der Waals surface area contributed by atoms with Crippen molar-refractivity contribution in [3.8, 4) is 16.9 Å². The Morgan fingerprint density at radius 1 is 1.26 bits per heavy atom. The molecule has 0 saturated carbocycles. The van der Waals surface area contributed by atoms with Gasteiger partial charge in [-0.25, -0.2) is 4.79 Å². The van der Waals surface area contributed by atoms with Crippen LogP contribution in [0.2, 0.25) is 5.02 Å². The van der Waals surface area contributed by atoms with Crippen molar-refractivity contribution in [2.45, 2.75) is 25.4 Å². The number of likely N-dealkylation sites (tertiary alicyclic amines) is 1. The van der Waals surface area contributed by atoms with Gasteiger partial charge in [-0.1, -0.05) is 23.7 Å². The third-order valence-electron chi connectivity index (χ3n) is 5.98. The van der Waals surface area contributed by atoms with Gasteiger partial charge >= 0.3 is 5.97 Å². The second-order valence-electron chi connectivity index (χ2n) is 8.30. The van der Waals surface area contributed by atoms with Crippen LogP contribution in [0, 0.1) is 5.92 Å². The molecule has 7 heteroatoms. The number of hydrogen-bond donors (Lipinski definition) is 1. The molecule has 2 aliphatic heterocycles. The largest absolute Gasteiger partial charge is 0.487 e.